The van der Waals surface area contributed by atoms with E-state index < -0.39 is 5.60 Å². The Bertz CT molecular complexity index is 667. The fraction of sp³-hybridized carbons (Fsp3) is 0.722. The van der Waals surface area contributed by atoms with Crippen LogP contribution in [-0.4, -0.2) is 71.6 Å². The highest BCUT2D eigenvalue weighted by molar-refractivity contribution is 5.86. The van der Waals surface area contributed by atoms with Gasteiger partial charge in [-0.1, -0.05) is 0 Å². The van der Waals surface area contributed by atoms with Gasteiger partial charge >= 0.3 is 0 Å². The predicted octanol–water partition coefficient (Wildman–Crippen LogP) is 0.876. The van der Waals surface area contributed by atoms with Gasteiger partial charge in [0.1, 0.15) is 5.60 Å². The lowest BCUT2D eigenvalue weighted by Gasteiger charge is -2.52. The van der Waals surface area contributed by atoms with Crippen molar-refractivity contribution >= 4 is 11.9 Å². The summed E-state index contributed by atoms with van der Waals surface area (Å²) in [7, 11) is 3.80. The van der Waals surface area contributed by atoms with E-state index >= 15 is 0 Å². The van der Waals surface area contributed by atoms with Gasteiger partial charge in [-0.25, -0.2) is 9.97 Å². The molecule has 2 N–H and O–H groups in total. The van der Waals surface area contributed by atoms with Crippen molar-refractivity contribution in [3.05, 3.63) is 18.0 Å². The molecule has 0 bridgehead atoms. The van der Waals surface area contributed by atoms with Crippen molar-refractivity contribution in [1.82, 2.24) is 19.8 Å². The minimum Gasteiger partial charge on any atom is -0.368 e. The molecule has 3 fully saturated rings. The minimum atomic E-state index is -0.582. The topological polar surface area (TPSA) is 84.6 Å². The number of amides is 1. The van der Waals surface area contributed by atoms with Gasteiger partial charge in [-0.15, -0.1) is 0 Å². The maximum absolute atomic E-state index is 13.0. The van der Waals surface area contributed by atoms with Gasteiger partial charge in [0.05, 0.1) is 5.69 Å². The summed E-state index contributed by atoms with van der Waals surface area (Å²) in [6, 6.07) is 1.96. The Balaban J connectivity index is 1.52. The minimum absolute atomic E-state index is 0.0682. The van der Waals surface area contributed by atoms with Crippen LogP contribution in [0, 0.1) is 5.41 Å². The molecule has 1 amide bonds. The standard InChI is InChI=1S/C18H27N5O2/c1-22-9-13(14-5-8-20-16(19)21-14)17(10-22)11-23(12-17)15(24)18(25-2)6-3-4-7-18/h5,8,13H,3-4,6-7,9-12H2,1-2H3,(H2,19,20,21). The van der Waals surface area contributed by atoms with E-state index in [4.69, 9.17) is 10.5 Å². The third-order valence-electron chi connectivity index (χ3n) is 6.36. The van der Waals surface area contributed by atoms with Crippen molar-refractivity contribution < 1.29 is 9.53 Å². The Kier molecular flexibility index (Phi) is 3.96. The summed E-state index contributed by atoms with van der Waals surface area (Å²) in [5.41, 5.74) is 6.26. The number of rotatable bonds is 3. The van der Waals surface area contributed by atoms with Crippen LogP contribution in [-0.2, 0) is 9.53 Å². The number of methoxy groups -OCH3 is 1. The fourth-order valence-corrected chi connectivity index (χ4v) is 5.12. The molecule has 1 unspecified atom stereocenters. The Morgan fingerprint density at radius 3 is 2.68 bits per heavy atom. The van der Waals surface area contributed by atoms with E-state index in [0.29, 0.717) is 5.95 Å². The van der Waals surface area contributed by atoms with Crippen molar-refractivity contribution in [2.24, 2.45) is 5.41 Å². The van der Waals surface area contributed by atoms with Crippen LogP contribution >= 0.6 is 0 Å². The van der Waals surface area contributed by atoms with Crippen molar-refractivity contribution in [3.63, 3.8) is 0 Å². The number of carbonyl (C=O) groups excluding carboxylic acids is 1. The molecule has 0 aromatic carbocycles. The summed E-state index contributed by atoms with van der Waals surface area (Å²) < 4.78 is 5.68. The molecular formula is C18H27N5O2. The maximum atomic E-state index is 13.0. The van der Waals surface area contributed by atoms with Gasteiger partial charge in [-0.3, -0.25) is 4.79 Å². The van der Waals surface area contributed by atoms with Gasteiger partial charge in [-0.05, 0) is 38.8 Å². The van der Waals surface area contributed by atoms with E-state index in [0.717, 1.165) is 57.6 Å². The second-order valence-corrected chi connectivity index (χ2v) is 8.02. The molecule has 1 spiro atoms. The Morgan fingerprint density at radius 2 is 2.04 bits per heavy atom. The summed E-state index contributed by atoms with van der Waals surface area (Å²) in [5.74, 6) is 0.779. The monoisotopic (exact) mass is 345 g/mol. The highest BCUT2D eigenvalue weighted by atomic mass is 16.5. The van der Waals surface area contributed by atoms with Crippen LogP contribution in [0.4, 0.5) is 5.95 Å². The van der Waals surface area contributed by atoms with Gasteiger partial charge in [-0.2, -0.15) is 0 Å². The first-order chi connectivity index (χ1) is 12.0. The molecule has 3 aliphatic rings. The number of carbonyl (C=O) groups is 1. The predicted molar refractivity (Wildman–Crippen MR) is 93.9 cm³/mol. The van der Waals surface area contributed by atoms with Gasteiger partial charge in [0, 0.05) is 50.8 Å². The van der Waals surface area contributed by atoms with Crippen molar-refractivity contribution in [1.29, 1.82) is 0 Å². The summed E-state index contributed by atoms with van der Waals surface area (Å²) in [6.07, 6.45) is 5.56. The molecular weight excluding hydrogens is 318 g/mol. The Morgan fingerprint density at radius 1 is 1.32 bits per heavy atom. The average Bonchev–Trinajstić information content (AvgIpc) is 3.18. The Labute approximate surface area is 148 Å². The summed E-state index contributed by atoms with van der Waals surface area (Å²) in [5, 5.41) is 0. The quantitative estimate of drug-likeness (QED) is 0.875. The van der Waals surface area contributed by atoms with Crippen molar-refractivity contribution in [2.75, 3.05) is 46.1 Å². The maximum Gasteiger partial charge on any atom is 0.254 e. The number of hydrogen-bond donors (Lipinski definition) is 1. The molecule has 25 heavy (non-hydrogen) atoms. The summed E-state index contributed by atoms with van der Waals surface area (Å²) in [6.45, 7) is 3.46. The highest BCUT2D eigenvalue weighted by Gasteiger charge is 2.58. The molecule has 1 saturated carbocycles. The van der Waals surface area contributed by atoms with E-state index in [1.165, 1.54) is 0 Å². The van der Waals surface area contributed by atoms with Gasteiger partial charge < -0.3 is 20.3 Å². The number of likely N-dealkylation sites (tertiary alicyclic amines) is 2. The van der Waals surface area contributed by atoms with Crippen LogP contribution in [0.2, 0.25) is 0 Å². The third kappa shape index (κ3) is 2.60. The number of ether oxygens (including phenoxy) is 1. The number of hydrogen-bond acceptors (Lipinski definition) is 6. The number of nitrogen functional groups attached to an aromatic ring is 1. The highest BCUT2D eigenvalue weighted by Crippen LogP contribution is 2.49. The van der Waals surface area contributed by atoms with Crippen LogP contribution in [0.3, 0.4) is 0 Å². The molecule has 4 rings (SSSR count). The number of nitrogens with two attached hydrogens (primary N) is 1. The van der Waals surface area contributed by atoms with Crippen molar-refractivity contribution in [3.8, 4) is 0 Å². The molecule has 1 atom stereocenters. The zero-order valence-corrected chi connectivity index (χ0v) is 15.1. The SMILES string of the molecule is COC1(C(=O)N2CC3(CN(C)CC3c3ccnc(N)n3)C2)CCCC1. The number of anilines is 1. The van der Waals surface area contributed by atoms with E-state index in [1.54, 1.807) is 13.3 Å². The molecule has 1 aromatic heterocycles. The normalized spacial score (nSPS) is 27.6. The number of likely N-dealkylation sites (N-methyl/N-ethyl adjacent to an activating group) is 1. The zero-order valence-electron chi connectivity index (χ0n) is 15.1. The fourth-order valence-electron chi connectivity index (χ4n) is 5.12. The molecule has 1 aromatic rings. The molecule has 3 heterocycles. The van der Waals surface area contributed by atoms with Crippen LogP contribution < -0.4 is 5.73 Å². The second-order valence-electron chi connectivity index (χ2n) is 8.02. The van der Waals surface area contributed by atoms with Crippen molar-refractivity contribution in [2.45, 2.75) is 37.2 Å². The molecule has 7 nitrogen and oxygen atoms in total. The lowest BCUT2D eigenvalue weighted by molar-refractivity contribution is -0.166. The summed E-state index contributed by atoms with van der Waals surface area (Å²) in [4.78, 5) is 25.8. The molecule has 1 aliphatic carbocycles. The van der Waals surface area contributed by atoms with E-state index in [9.17, 15) is 4.79 Å². The molecule has 0 radical (unpaired) electrons. The average molecular weight is 345 g/mol. The molecule has 2 saturated heterocycles. The largest absolute Gasteiger partial charge is 0.368 e. The second kappa shape index (κ2) is 5.92. The zero-order chi connectivity index (χ0) is 17.7. The molecule has 7 heteroatoms. The van der Waals surface area contributed by atoms with E-state index in [1.807, 2.05) is 11.0 Å². The smallest absolute Gasteiger partial charge is 0.254 e. The van der Waals surface area contributed by atoms with Crippen LogP contribution in [0.15, 0.2) is 12.3 Å². The van der Waals surface area contributed by atoms with Gasteiger partial charge in [0.2, 0.25) is 5.95 Å². The third-order valence-corrected chi connectivity index (χ3v) is 6.36. The first-order valence-corrected chi connectivity index (χ1v) is 9.10. The van der Waals surface area contributed by atoms with E-state index in [-0.39, 0.29) is 17.2 Å². The first kappa shape index (κ1) is 16.7. The molecule has 2 aliphatic heterocycles. The van der Waals surface area contributed by atoms with E-state index in [2.05, 4.69) is 21.9 Å². The van der Waals surface area contributed by atoms with Crippen LogP contribution in [0.5, 0.6) is 0 Å². The lowest BCUT2D eigenvalue weighted by Crippen LogP contribution is -2.65. The lowest BCUT2D eigenvalue weighted by atomic mass is 9.69. The van der Waals surface area contributed by atoms with Gasteiger partial charge in [0.15, 0.2) is 0 Å². The first-order valence-electron chi connectivity index (χ1n) is 9.10. The number of aromatic nitrogens is 2. The van der Waals surface area contributed by atoms with Crippen LogP contribution in [0.25, 0.3) is 0 Å². The van der Waals surface area contributed by atoms with Gasteiger partial charge in [0.25, 0.3) is 5.91 Å². The molecule has 136 valence electrons. The van der Waals surface area contributed by atoms with Crippen LogP contribution in [0.1, 0.15) is 37.3 Å². The number of nitrogens with zero attached hydrogens (tertiary/aromatic N) is 4. The Hall–Kier alpha value is -1.73. The summed E-state index contributed by atoms with van der Waals surface area (Å²) >= 11 is 0.